The molecule has 0 aliphatic carbocycles. The topological polar surface area (TPSA) is 53.5 Å². The molecule has 0 aromatic heterocycles. The molecular formula is C15H12BrFIN3O. The number of nitrogens with zero attached hydrogens (tertiary/aromatic N) is 1. The third-order valence-corrected chi connectivity index (χ3v) is 3.97. The van der Waals surface area contributed by atoms with Gasteiger partial charge in [-0.1, -0.05) is 12.1 Å². The molecule has 7 heteroatoms. The molecule has 0 fully saturated rings. The maximum atomic E-state index is 12.7. The number of carbonyl (C=O) groups is 1. The summed E-state index contributed by atoms with van der Waals surface area (Å²) in [5.41, 5.74) is 3.94. The van der Waals surface area contributed by atoms with E-state index in [2.05, 4.69) is 54.4 Å². The lowest BCUT2D eigenvalue weighted by Gasteiger charge is -2.07. The molecule has 0 atom stereocenters. The van der Waals surface area contributed by atoms with Gasteiger partial charge in [-0.25, -0.2) is 9.82 Å². The minimum Gasteiger partial charge on any atom is -0.375 e. The second-order valence-electron chi connectivity index (χ2n) is 4.32. The molecule has 22 heavy (non-hydrogen) atoms. The fraction of sp³-hybridized carbons (Fsp3) is 0.0667. The zero-order valence-corrected chi connectivity index (χ0v) is 15.1. The summed E-state index contributed by atoms with van der Waals surface area (Å²) in [7, 11) is 0. The summed E-state index contributed by atoms with van der Waals surface area (Å²) in [6, 6.07) is 11.6. The lowest BCUT2D eigenvalue weighted by atomic mass is 10.2. The maximum absolute atomic E-state index is 12.7. The van der Waals surface area contributed by atoms with Crippen LogP contribution in [0.15, 0.2) is 52.0 Å². The van der Waals surface area contributed by atoms with Crippen molar-refractivity contribution in [2.24, 2.45) is 5.10 Å². The van der Waals surface area contributed by atoms with E-state index in [1.807, 2.05) is 18.2 Å². The highest BCUT2D eigenvalue weighted by Gasteiger charge is 2.03. The lowest BCUT2D eigenvalue weighted by Crippen LogP contribution is -2.26. The quantitative estimate of drug-likeness (QED) is 0.393. The molecule has 114 valence electrons. The third-order valence-electron chi connectivity index (χ3n) is 2.64. The van der Waals surface area contributed by atoms with Crippen molar-refractivity contribution < 1.29 is 9.18 Å². The number of rotatable bonds is 5. The Bertz CT molecular complexity index is 692. The van der Waals surface area contributed by atoms with Crippen LogP contribution in [-0.4, -0.2) is 18.7 Å². The maximum Gasteiger partial charge on any atom is 0.259 e. The van der Waals surface area contributed by atoms with E-state index < -0.39 is 0 Å². The van der Waals surface area contributed by atoms with Gasteiger partial charge in [0.2, 0.25) is 0 Å². The average Bonchev–Trinajstić information content (AvgIpc) is 2.48. The first-order valence-corrected chi connectivity index (χ1v) is 8.18. The predicted molar refractivity (Wildman–Crippen MR) is 97.5 cm³/mol. The van der Waals surface area contributed by atoms with Crippen molar-refractivity contribution in [1.82, 2.24) is 5.43 Å². The summed E-state index contributed by atoms with van der Waals surface area (Å²) < 4.78 is 14.7. The Hall–Kier alpha value is -1.48. The molecule has 0 bridgehead atoms. The minimum absolute atomic E-state index is 0.0972. The minimum atomic E-state index is -0.312. The molecule has 0 saturated heterocycles. The van der Waals surface area contributed by atoms with Gasteiger partial charge in [-0.2, -0.15) is 5.10 Å². The second-order valence-corrected chi connectivity index (χ2v) is 6.42. The average molecular weight is 476 g/mol. The number of anilines is 1. The summed E-state index contributed by atoms with van der Waals surface area (Å²) in [6.07, 6.45) is 1.46. The Balaban J connectivity index is 1.81. The van der Waals surface area contributed by atoms with Crippen LogP contribution < -0.4 is 10.7 Å². The number of carbonyl (C=O) groups excluding carboxylic acids is 1. The predicted octanol–water partition coefficient (Wildman–Crippen LogP) is 3.76. The van der Waals surface area contributed by atoms with Gasteiger partial charge in [-0.3, -0.25) is 4.79 Å². The zero-order valence-electron chi connectivity index (χ0n) is 11.3. The van der Waals surface area contributed by atoms with Crippen molar-refractivity contribution in [2.45, 2.75) is 0 Å². The number of halogens is 3. The summed E-state index contributed by atoms with van der Waals surface area (Å²) in [5, 5.41) is 6.83. The van der Waals surface area contributed by atoms with E-state index in [4.69, 9.17) is 0 Å². The summed E-state index contributed by atoms with van der Waals surface area (Å²) >= 11 is 5.64. The van der Waals surface area contributed by atoms with Gasteiger partial charge < -0.3 is 5.32 Å². The molecule has 2 N–H and O–H groups in total. The lowest BCUT2D eigenvalue weighted by molar-refractivity contribution is -0.119. The smallest absolute Gasteiger partial charge is 0.259 e. The number of hydrogen-bond acceptors (Lipinski definition) is 3. The van der Waals surface area contributed by atoms with Gasteiger partial charge in [-0.05, 0) is 74.4 Å². The van der Waals surface area contributed by atoms with Crippen molar-refractivity contribution in [1.29, 1.82) is 0 Å². The zero-order chi connectivity index (χ0) is 15.9. The van der Waals surface area contributed by atoms with E-state index in [9.17, 15) is 9.18 Å². The van der Waals surface area contributed by atoms with E-state index in [0.717, 1.165) is 13.7 Å². The fourth-order valence-corrected chi connectivity index (χ4v) is 3.01. The van der Waals surface area contributed by atoms with E-state index in [0.29, 0.717) is 5.56 Å². The van der Waals surface area contributed by atoms with Crippen LogP contribution in [0, 0.1) is 9.39 Å². The molecule has 0 aliphatic rings. The highest BCUT2D eigenvalue weighted by molar-refractivity contribution is 14.1. The molecule has 0 aliphatic heterocycles. The number of hydrazone groups is 1. The van der Waals surface area contributed by atoms with Crippen LogP contribution in [0.2, 0.25) is 0 Å². The molecule has 2 aromatic rings. The molecular weight excluding hydrogens is 464 g/mol. The van der Waals surface area contributed by atoms with Crippen molar-refractivity contribution in [3.8, 4) is 0 Å². The Morgan fingerprint density at radius 3 is 2.68 bits per heavy atom. The Kier molecular flexibility index (Phi) is 6.32. The fourth-order valence-electron chi connectivity index (χ4n) is 1.58. The first-order chi connectivity index (χ1) is 10.5. The van der Waals surface area contributed by atoms with Gasteiger partial charge in [-0.15, -0.1) is 0 Å². The van der Waals surface area contributed by atoms with Crippen LogP contribution in [0.25, 0.3) is 0 Å². The molecule has 2 rings (SSSR count). The van der Waals surface area contributed by atoms with Crippen molar-refractivity contribution in [3.05, 3.63) is 61.9 Å². The van der Waals surface area contributed by atoms with E-state index in [1.165, 1.54) is 18.3 Å². The summed E-state index contributed by atoms with van der Waals surface area (Å²) in [5.74, 6) is -0.586. The third kappa shape index (κ3) is 5.38. The number of hydrogen-bond donors (Lipinski definition) is 2. The van der Waals surface area contributed by atoms with Crippen LogP contribution in [-0.2, 0) is 4.79 Å². The van der Waals surface area contributed by atoms with Crippen LogP contribution in [0.5, 0.6) is 0 Å². The number of amides is 1. The van der Waals surface area contributed by atoms with Gasteiger partial charge in [0, 0.05) is 13.7 Å². The van der Waals surface area contributed by atoms with Gasteiger partial charge in [0.05, 0.1) is 12.8 Å². The van der Waals surface area contributed by atoms with E-state index >= 15 is 0 Å². The Labute approximate surface area is 149 Å². The van der Waals surface area contributed by atoms with Gasteiger partial charge in [0.1, 0.15) is 5.82 Å². The molecule has 0 heterocycles. The Morgan fingerprint density at radius 2 is 2.00 bits per heavy atom. The molecule has 0 spiro atoms. The first kappa shape index (κ1) is 16.9. The SMILES string of the molecule is O=C(CNc1ccc(I)cc1Br)N/N=C\c1ccc(F)cc1. The normalized spacial score (nSPS) is 10.7. The van der Waals surface area contributed by atoms with Gasteiger partial charge in [0.25, 0.3) is 5.91 Å². The van der Waals surface area contributed by atoms with Crippen molar-refractivity contribution >= 4 is 56.3 Å². The first-order valence-electron chi connectivity index (χ1n) is 6.31. The van der Waals surface area contributed by atoms with Crippen molar-refractivity contribution in [2.75, 3.05) is 11.9 Å². The Morgan fingerprint density at radius 1 is 1.27 bits per heavy atom. The van der Waals surface area contributed by atoms with E-state index in [-0.39, 0.29) is 18.3 Å². The highest BCUT2D eigenvalue weighted by atomic mass is 127. The summed E-state index contributed by atoms with van der Waals surface area (Å²) in [6.45, 7) is 0.0972. The molecule has 1 amide bonds. The molecule has 0 saturated carbocycles. The largest absolute Gasteiger partial charge is 0.375 e. The number of benzene rings is 2. The molecule has 4 nitrogen and oxygen atoms in total. The number of nitrogens with one attached hydrogen (secondary N) is 2. The van der Waals surface area contributed by atoms with Crippen LogP contribution in [0.1, 0.15) is 5.56 Å². The monoisotopic (exact) mass is 475 g/mol. The molecule has 0 radical (unpaired) electrons. The van der Waals surface area contributed by atoms with Crippen molar-refractivity contribution in [3.63, 3.8) is 0 Å². The van der Waals surface area contributed by atoms with Gasteiger partial charge in [0.15, 0.2) is 0 Å². The molecule has 2 aromatic carbocycles. The van der Waals surface area contributed by atoms with E-state index in [1.54, 1.807) is 12.1 Å². The van der Waals surface area contributed by atoms with Gasteiger partial charge >= 0.3 is 0 Å². The second kappa shape index (κ2) is 8.23. The van der Waals surface area contributed by atoms with Crippen LogP contribution in [0.4, 0.5) is 10.1 Å². The standard InChI is InChI=1S/C15H12BrFIN3O/c16-13-7-12(18)5-6-14(13)19-9-15(22)21-20-8-10-1-3-11(17)4-2-10/h1-8,19H,9H2,(H,21,22)/b20-8-. The molecule has 0 unspecified atom stereocenters. The summed E-state index contributed by atoms with van der Waals surface area (Å²) in [4.78, 5) is 11.7. The highest BCUT2D eigenvalue weighted by Crippen LogP contribution is 2.24. The van der Waals surface area contributed by atoms with Crippen LogP contribution >= 0.6 is 38.5 Å². The van der Waals surface area contributed by atoms with Crippen LogP contribution in [0.3, 0.4) is 0 Å².